The molecule has 0 amide bonds. The molecule has 0 aliphatic heterocycles. The van der Waals surface area contributed by atoms with Crippen molar-refractivity contribution in [2.75, 3.05) is 17.8 Å². The fourth-order valence-electron chi connectivity index (χ4n) is 1.60. The first kappa shape index (κ1) is 14.5. The summed E-state index contributed by atoms with van der Waals surface area (Å²) < 4.78 is 28.2. The summed E-state index contributed by atoms with van der Waals surface area (Å²) in [4.78, 5) is 4.05. The lowest BCUT2D eigenvalue weighted by molar-refractivity contribution is 0.564. The molecule has 2 aromatic heterocycles. The largest absolute Gasteiger partial charge is 0.315 e. The highest BCUT2D eigenvalue weighted by atomic mass is 32.2. The summed E-state index contributed by atoms with van der Waals surface area (Å²) in [5, 5.41) is 7.18. The van der Waals surface area contributed by atoms with Crippen molar-refractivity contribution < 1.29 is 8.42 Å². The van der Waals surface area contributed by atoms with Gasteiger partial charge in [0.25, 0.3) is 10.0 Å². The van der Waals surface area contributed by atoms with E-state index < -0.39 is 10.0 Å². The Kier molecular flexibility index (Phi) is 4.70. The molecule has 0 aliphatic carbocycles. The van der Waals surface area contributed by atoms with Crippen LogP contribution in [0.4, 0.5) is 5.82 Å². The van der Waals surface area contributed by atoms with Crippen LogP contribution in [0.1, 0.15) is 6.92 Å². The van der Waals surface area contributed by atoms with Gasteiger partial charge in [-0.05, 0) is 18.7 Å². The maximum atomic E-state index is 12.1. The van der Waals surface area contributed by atoms with Crippen molar-refractivity contribution in [2.24, 2.45) is 0 Å². The van der Waals surface area contributed by atoms with Gasteiger partial charge < -0.3 is 5.32 Å². The molecule has 7 nitrogen and oxygen atoms in total. The van der Waals surface area contributed by atoms with Gasteiger partial charge in [-0.25, -0.2) is 13.4 Å². The van der Waals surface area contributed by atoms with Crippen molar-refractivity contribution >= 4 is 15.8 Å². The molecule has 0 aromatic carbocycles. The van der Waals surface area contributed by atoms with Crippen LogP contribution in [0.15, 0.2) is 41.7 Å². The number of anilines is 1. The Labute approximate surface area is 118 Å². The Morgan fingerprint density at radius 3 is 2.90 bits per heavy atom. The van der Waals surface area contributed by atoms with E-state index in [4.69, 9.17) is 0 Å². The predicted molar refractivity (Wildman–Crippen MR) is 75.8 cm³/mol. The molecule has 8 heteroatoms. The summed E-state index contributed by atoms with van der Waals surface area (Å²) in [7, 11) is -3.64. The molecule has 0 unspecified atom stereocenters. The molecule has 20 heavy (non-hydrogen) atoms. The first-order valence-corrected chi connectivity index (χ1v) is 7.77. The number of rotatable bonds is 7. The van der Waals surface area contributed by atoms with E-state index >= 15 is 0 Å². The summed E-state index contributed by atoms with van der Waals surface area (Å²) >= 11 is 0. The second-order valence-electron chi connectivity index (χ2n) is 4.11. The number of hydrogen-bond donors (Lipinski definition) is 2. The van der Waals surface area contributed by atoms with Crippen LogP contribution in [-0.2, 0) is 16.6 Å². The van der Waals surface area contributed by atoms with E-state index in [1.165, 1.54) is 18.6 Å². The second kappa shape index (κ2) is 6.49. The number of pyridine rings is 1. The van der Waals surface area contributed by atoms with Gasteiger partial charge in [0.15, 0.2) is 0 Å². The molecular weight excluding hydrogens is 278 g/mol. The van der Waals surface area contributed by atoms with Crippen molar-refractivity contribution in [1.29, 1.82) is 0 Å². The molecule has 0 spiro atoms. The summed E-state index contributed by atoms with van der Waals surface area (Å²) in [6.45, 7) is 4.24. The smallest absolute Gasteiger partial charge is 0.266 e. The minimum atomic E-state index is -3.64. The number of hydrogen-bond acceptors (Lipinski definition) is 5. The van der Waals surface area contributed by atoms with Gasteiger partial charge in [-0.15, -0.1) is 0 Å². The Balaban J connectivity index is 2.06. The van der Waals surface area contributed by atoms with Gasteiger partial charge >= 0.3 is 0 Å². The molecule has 2 N–H and O–H groups in total. The first-order chi connectivity index (χ1) is 9.62. The van der Waals surface area contributed by atoms with Gasteiger partial charge in [-0.1, -0.05) is 13.0 Å². The average Bonchev–Trinajstić information content (AvgIpc) is 2.89. The summed E-state index contributed by atoms with van der Waals surface area (Å²) in [6.07, 6.45) is 4.36. The standard InChI is InChI=1S/C12H17N5O2S/c1-2-13-7-8-17-10-11(9-15-17)20(18,19)16-12-5-3-4-6-14-12/h3-6,9-10,13H,2,7-8H2,1H3,(H,14,16). The fraction of sp³-hybridized carbons (Fsp3) is 0.333. The number of aromatic nitrogens is 3. The molecule has 0 radical (unpaired) electrons. The van der Waals surface area contributed by atoms with Gasteiger partial charge in [0, 0.05) is 18.9 Å². The Morgan fingerprint density at radius 1 is 1.35 bits per heavy atom. The molecule has 2 heterocycles. The number of sulfonamides is 1. The zero-order chi connectivity index (χ0) is 14.4. The van der Waals surface area contributed by atoms with Crippen molar-refractivity contribution in [3.8, 4) is 0 Å². The quantitative estimate of drug-likeness (QED) is 0.734. The molecular formula is C12H17N5O2S. The Bertz CT molecular complexity index is 639. The lowest BCUT2D eigenvalue weighted by atomic mass is 10.5. The van der Waals surface area contributed by atoms with Gasteiger partial charge in [0.1, 0.15) is 10.7 Å². The Hall–Kier alpha value is -1.93. The summed E-state index contributed by atoms with van der Waals surface area (Å²) in [5.74, 6) is 0.285. The van der Waals surface area contributed by atoms with Crippen LogP contribution in [-0.4, -0.2) is 36.3 Å². The normalized spacial score (nSPS) is 11.4. The van der Waals surface area contributed by atoms with Gasteiger partial charge in [0.05, 0.1) is 12.7 Å². The molecule has 0 bridgehead atoms. The predicted octanol–water partition coefficient (Wildman–Crippen LogP) is 0.688. The van der Waals surface area contributed by atoms with E-state index in [-0.39, 0.29) is 10.7 Å². The van der Waals surface area contributed by atoms with E-state index in [0.717, 1.165) is 13.1 Å². The van der Waals surface area contributed by atoms with Gasteiger partial charge in [-0.2, -0.15) is 5.10 Å². The molecule has 2 rings (SSSR count). The fourth-order valence-corrected chi connectivity index (χ4v) is 2.56. The first-order valence-electron chi connectivity index (χ1n) is 6.29. The molecule has 0 saturated heterocycles. The van der Waals surface area contributed by atoms with Gasteiger partial charge in [0.2, 0.25) is 0 Å². The average molecular weight is 295 g/mol. The van der Waals surface area contributed by atoms with Crippen molar-refractivity contribution in [3.05, 3.63) is 36.8 Å². The van der Waals surface area contributed by atoms with Crippen molar-refractivity contribution in [2.45, 2.75) is 18.4 Å². The number of nitrogens with one attached hydrogen (secondary N) is 2. The topological polar surface area (TPSA) is 88.9 Å². The third-order valence-corrected chi connectivity index (χ3v) is 3.90. The second-order valence-corrected chi connectivity index (χ2v) is 5.80. The zero-order valence-corrected chi connectivity index (χ0v) is 12.0. The van der Waals surface area contributed by atoms with E-state index in [0.29, 0.717) is 6.54 Å². The summed E-state index contributed by atoms with van der Waals surface area (Å²) in [6, 6.07) is 5.02. The molecule has 0 saturated carbocycles. The molecule has 0 fully saturated rings. The molecule has 0 atom stereocenters. The van der Waals surface area contributed by atoms with Crippen LogP contribution in [0.25, 0.3) is 0 Å². The van der Waals surface area contributed by atoms with E-state index in [1.54, 1.807) is 22.9 Å². The molecule has 108 valence electrons. The Morgan fingerprint density at radius 2 is 2.20 bits per heavy atom. The van der Waals surface area contributed by atoms with Gasteiger partial charge in [-0.3, -0.25) is 9.40 Å². The van der Waals surface area contributed by atoms with Crippen LogP contribution in [0.3, 0.4) is 0 Å². The van der Waals surface area contributed by atoms with Crippen LogP contribution in [0.2, 0.25) is 0 Å². The monoisotopic (exact) mass is 295 g/mol. The molecule has 2 aromatic rings. The lowest BCUT2D eigenvalue weighted by Crippen LogP contribution is -2.19. The SMILES string of the molecule is CCNCCn1cc(S(=O)(=O)Nc2ccccn2)cn1. The minimum absolute atomic E-state index is 0.125. The highest BCUT2D eigenvalue weighted by Crippen LogP contribution is 2.12. The van der Waals surface area contributed by atoms with Crippen molar-refractivity contribution in [3.63, 3.8) is 0 Å². The number of likely N-dealkylation sites (N-methyl/N-ethyl adjacent to an activating group) is 1. The van der Waals surface area contributed by atoms with Crippen LogP contribution in [0, 0.1) is 0 Å². The maximum Gasteiger partial charge on any atom is 0.266 e. The highest BCUT2D eigenvalue weighted by molar-refractivity contribution is 7.92. The van der Waals surface area contributed by atoms with Crippen LogP contribution in [0.5, 0.6) is 0 Å². The zero-order valence-electron chi connectivity index (χ0n) is 11.2. The minimum Gasteiger partial charge on any atom is -0.315 e. The third kappa shape index (κ3) is 3.78. The number of nitrogens with zero attached hydrogens (tertiary/aromatic N) is 3. The van der Waals surface area contributed by atoms with E-state index in [2.05, 4.69) is 20.1 Å². The maximum absolute atomic E-state index is 12.1. The lowest BCUT2D eigenvalue weighted by Gasteiger charge is -2.04. The molecule has 0 aliphatic rings. The van der Waals surface area contributed by atoms with Crippen LogP contribution >= 0.6 is 0 Å². The van der Waals surface area contributed by atoms with Crippen molar-refractivity contribution in [1.82, 2.24) is 20.1 Å². The highest BCUT2D eigenvalue weighted by Gasteiger charge is 2.16. The van der Waals surface area contributed by atoms with E-state index in [9.17, 15) is 8.42 Å². The third-order valence-electron chi connectivity index (χ3n) is 2.59. The van der Waals surface area contributed by atoms with E-state index in [1.807, 2.05) is 6.92 Å². The summed E-state index contributed by atoms with van der Waals surface area (Å²) in [5.41, 5.74) is 0. The van der Waals surface area contributed by atoms with Crippen LogP contribution < -0.4 is 10.0 Å².